The lowest BCUT2D eigenvalue weighted by molar-refractivity contribution is -0.138. The number of hydrogen-bond acceptors (Lipinski definition) is 3. The van der Waals surface area contributed by atoms with E-state index in [0.29, 0.717) is 23.6 Å². The lowest BCUT2D eigenvalue weighted by Crippen LogP contribution is -2.21. The highest BCUT2D eigenvalue weighted by atomic mass is 19.4. The van der Waals surface area contributed by atoms with Crippen molar-refractivity contribution < 1.29 is 18.0 Å². The van der Waals surface area contributed by atoms with Gasteiger partial charge in [-0.1, -0.05) is 12.1 Å². The molecule has 33 heavy (non-hydrogen) atoms. The molecule has 0 aliphatic carbocycles. The zero-order chi connectivity index (χ0) is 23.8. The van der Waals surface area contributed by atoms with Crippen molar-refractivity contribution in [2.24, 2.45) is 0 Å². The van der Waals surface area contributed by atoms with E-state index in [1.807, 2.05) is 29.0 Å². The Morgan fingerprint density at radius 3 is 2.52 bits per heavy atom. The minimum atomic E-state index is -4.50. The molecule has 2 heterocycles. The number of anilines is 3. The van der Waals surface area contributed by atoms with E-state index in [4.69, 9.17) is 5.73 Å². The number of aryl methyl sites for hydroxylation is 2. The number of urea groups is 1. The Labute approximate surface area is 188 Å². The van der Waals surface area contributed by atoms with Gasteiger partial charge in [-0.3, -0.25) is 0 Å². The molecule has 0 unspecified atom stereocenters. The van der Waals surface area contributed by atoms with Gasteiger partial charge in [-0.15, -0.1) is 0 Å². The van der Waals surface area contributed by atoms with Crippen LogP contribution >= 0.6 is 0 Å². The lowest BCUT2D eigenvalue weighted by Gasteiger charge is -2.16. The van der Waals surface area contributed by atoms with Gasteiger partial charge in [-0.2, -0.15) is 13.2 Å². The fourth-order valence-electron chi connectivity index (χ4n) is 3.83. The molecule has 2 aromatic heterocycles. The van der Waals surface area contributed by atoms with Gasteiger partial charge < -0.3 is 20.9 Å². The molecule has 0 aliphatic heterocycles. The number of halogens is 3. The van der Waals surface area contributed by atoms with Gasteiger partial charge in [-0.25, -0.2) is 9.78 Å². The average Bonchev–Trinajstić information content (AvgIpc) is 3.13. The molecule has 4 rings (SSSR count). The van der Waals surface area contributed by atoms with Gasteiger partial charge in [0.1, 0.15) is 5.82 Å². The van der Waals surface area contributed by atoms with Gasteiger partial charge in [0.15, 0.2) is 0 Å². The smallest absolute Gasteiger partial charge is 0.384 e. The number of nitrogen functional groups attached to an aromatic ring is 1. The van der Waals surface area contributed by atoms with E-state index in [1.165, 1.54) is 13.0 Å². The number of nitrogens with one attached hydrogen (secondary N) is 2. The standard InChI is InChI=1S/C24H22F3N5O/c1-14-10-15(2)20(12-18(14)24(25,26)27)31-23(33)30-19-4-3-5-21-17(19)7-9-32(21)13-16-6-8-29-22(28)11-16/h3-12H,13H2,1-2H3,(H2,28,29)(H2,30,31,33). The second-order valence-corrected chi connectivity index (χ2v) is 7.83. The van der Waals surface area contributed by atoms with Crippen LogP contribution in [0.2, 0.25) is 0 Å². The molecule has 0 aliphatic rings. The molecule has 9 heteroatoms. The number of carbonyl (C=O) groups excluding carboxylic acids is 1. The topological polar surface area (TPSA) is 85.0 Å². The van der Waals surface area contributed by atoms with Gasteiger partial charge in [0.05, 0.1) is 16.8 Å². The first-order chi connectivity index (χ1) is 15.6. The second-order valence-electron chi connectivity index (χ2n) is 7.83. The lowest BCUT2D eigenvalue weighted by atomic mass is 10.0. The Hall–Kier alpha value is -4.01. The van der Waals surface area contributed by atoms with Crippen LogP contribution < -0.4 is 16.4 Å². The molecule has 4 aromatic rings. The molecule has 2 amide bonds. The Balaban J connectivity index is 1.56. The molecule has 0 radical (unpaired) electrons. The number of rotatable bonds is 4. The van der Waals surface area contributed by atoms with Crippen LogP contribution in [0.1, 0.15) is 22.3 Å². The number of alkyl halides is 3. The average molecular weight is 453 g/mol. The third kappa shape index (κ3) is 4.77. The molecular weight excluding hydrogens is 431 g/mol. The molecule has 0 saturated carbocycles. The van der Waals surface area contributed by atoms with E-state index in [-0.39, 0.29) is 11.3 Å². The van der Waals surface area contributed by atoms with Crippen LogP contribution in [0, 0.1) is 13.8 Å². The van der Waals surface area contributed by atoms with Crippen molar-refractivity contribution in [3.05, 3.63) is 83.2 Å². The van der Waals surface area contributed by atoms with Crippen molar-refractivity contribution >= 4 is 34.1 Å². The first-order valence-electron chi connectivity index (χ1n) is 10.2. The van der Waals surface area contributed by atoms with Crippen molar-refractivity contribution in [3.63, 3.8) is 0 Å². The maximum Gasteiger partial charge on any atom is 0.416 e. The number of benzene rings is 2. The number of amides is 2. The fraction of sp³-hybridized carbons (Fsp3) is 0.167. The summed E-state index contributed by atoms with van der Waals surface area (Å²) in [4.78, 5) is 16.6. The SMILES string of the molecule is Cc1cc(C)c(C(F)(F)F)cc1NC(=O)Nc1cccc2c1ccn2Cc1ccnc(N)c1. The summed E-state index contributed by atoms with van der Waals surface area (Å²) >= 11 is 0. The molecule has 0 bridgehead atoms. The quantitative estimate of drug-likeness (QED) is 0.357. The summed E-state index contributed by atoms with van der Waals surface area (Å²) in [6, 6.07) is 12.7. The molecular formula is C24H22F3N5O. The predicted molar refractivity (Wildman–Crippen MR) is 123 cm³/mol. The number of nitrogens with zero attached hydrogens (tertiary/aromatic N) is 2. The van der Waals surface area contributed by atoms with Crippen molar-refractivity contribution in [2.75, 3.05) is 16.4 Å². The Morgan fingerprint density at radius 2 is 1.79 bits per heavy atom. The summed E-state index contributed by atoms with van der Waals surface area (Å²) < 4.78 is 41.8. The minimum absolute atomic E-state index is 0.102. The van der Waals surface area contributed by atoms with E-state index in [2.05, 4.69) is 15.6 Å². The van der Waals surface area contributed by atoms with Gasteiger partial charge in [0.2, 0.25) is 0 Å². The van der Waals surface area contributed by atoms with Gasteiger partial charge in [-0.05, 0) is 66.9 Å². The Morgan fingerprint density at radius 1 is 1.03 bits per heavy atom. The van der Waals surface area contributed by atoms with Gasteiger partial charge >= 0.3 is 12.2 Å². The molecule has 170 valence electrons. The summed E-state index contributed by atoms with van der Waals surface area (Å²) in [5.74, 6) is 0.433. The van der Waals surface area contributed by atoms with Crippen LogP contribution in [0.5, 0.6) is 0 Å². The highest BCUT2D eigenvalue weighted by Crippen LogP contribution is 2.35. The second kappa shape index (κ2) is 8.50. The minimum Gasteiger partial charge on any atom is -0.384 e. The summed E-state index contributed by atoms with van der Waals surface area (Å²) in [5, 5.41) is 6.08. The predicted octanol–water partition coefficient (Wildman–Crippen LogP) is 5.95. The van der Waals surface area contributed by atoms with Crippen LogP contribution in [0.4, 0.5) is 35.2 Å². The Bertz CT molecular complexity index is 1340. The molecule has 0 spiro atoms. The van der Waals surface area contributed by atoms with E-state index in [0.717, 1.165) is 22.5 Å². The summed E-state index contributed by atoms with van der Waals surface area (Å²) in [6.07, 6.45) is -0.965. The van der Waals surface area contributed by atoms with Crippen LogP contribution in [-0.4, -0.2) is 15.6 Å². The Kier molecular flexibility index (Phi) is 5.71. The number of nitrogens with two attached hydrogens (primary N) is 1. The molecule has 4 N–H and O–H groups in total. The van der Waals surface area contributed by atoms with Gasteiger partial charge in [0.25, 0.3) is 0 Å². The first-order valence-corrected chi connectivity index (χ1v) is 10.2. The number of carbonyl (C=O) groups is 1. The highest BCUT2D eigenvalue weighted by Gasteiger charge is 2.33. The van der Waals surface area contributed by atoms with E-state index in [1.54, 1.807) is 31.3 Å². The zero-order valence-electron chi connectivity index (χ0n) is 18.0. The largest absolute Gasteiger partial charge is 0.416 e. The van der Waals surface area contributed by atoms with Crippen LogP contribution in [-0.2, 0) is 12.7 Å². The van der Waals surface area contributed by atoms with Crippen LogP contribution in [0.15, 0.2) is 60.9 Å². The van der Waals surface area contributed by atoms with Crippen LogP contribution in [0.3, 0.4) is 0 Å². The number of pyridine rings is 1. The number of hydrogen-bond donors (Lipinski definition) is 3. The monoisotopic (exact) mass is 453 g/mol. The molecule has 0 atom stereocenters. The first kappa shape index (κ1) is 22.2. The normalized spacial score (nSPS) is 11.5. The molecule has 2 aromatic carbocycles. The van der Waals surface area contributed by atoms with Crippen molar-refractivity contribution in [1.29, 1.82) is 0 Å². The summed E-state index contributed by atoms with van der Waals surface area (Å²) in [7, 11) is 0. The zero-order valence-corrected chi connectivity index (χ0v) is 18.0. The maximum absolute atomic E-state index is 13.3. The van der Waals surface area contributed by atoms with E-state index >= 15 is 0 Å². The van der Waals surface area contributed by atoms with Crippen molar-refractivity contribution in [3.8, 4) is 0 Å². The fourth-order valence-corrected chi connectivity index (χ4v) is 3.83. The molecule has 0 saturated heterocycles. The van der Waals surface area contributed by atoms with Crippen molar-refractivity contribution in [1.82, 2.24) is 9.55 Å². The third-order valence-electron chi connectivity index (χ3n) is 5.39. The molecule has 0 fully saturated rings. The van der Waals surface area contributed by atoms with E-state index < -0.39 is 17.8 Å². The highest BCUT2D eigenvalue weighted by molar-refractivity contribution is 6.06. The number of aromatic nitrogens is 2. The summed E-state index contributed by atoms with van der Waals surface area (Å²) in [6.45, 7) is 3.61. The number of fused-ring (bicyclic) bond motifs is 1. The summed E-state index contributed by atoms with van der Waals surface area (Å²) in [5.41, 5.74) is 8.13. The third-order valence-corrected chi connectivity index (χ3v) is 5.39. The maximum atomic E-state index is 13.3. The van der Waals surface area contributed by atoms with E-state index in [9.17, 15) is 18.0 Å². The molecule has 6 nitrogen and oxygen atoms in total. The van der Waals surface area contributed by atoms with Crippen molar-refractivity contribution in [2.45, 2.75) is 26.6 Å². The van der Waals surface area contributed by atoms with Crippen LogP contribution in [0.25, 0.3) is 10.9 Å². The van der Waals surface area contributed by atoms with Gasteiger partial charge in [0, 0.05) is 30.0 Å².